The molecule has 0 spiro atoms. The fourth-order valence-electron chi connectivity index (χ4n) is 3.79. The highest BCUT2D eigenvalue weighted by molar-refractivity contribution is 6.31. The number of fused-ring (bicyclic) bond motifs is 1. The van der Waals surface area contributed by atoms with Crippen molar-refractivity contribution in [3.8, 4) is 0 Å². The van der Waals surface area contributed by atoms with Gasteiger partial charge in [-0.1, -0.05) is 23.7 Å². The van der Waals surface area contributed by atoms with Gasteiger partial charge in [-0.25, -0.2) is 9.79 Å². The second-order valence-electron chi connectivity index (χ2n) is 6.98. The molecule has 2 heterocycles. The Morgan fingerprint density at radius 3 is 3.12 bits per heavy atom. The molecular weight excluding hydrogens is 352 g/mol. The number of carbonyl (C=O) groups excluding carboxylic acids is 1. The number of nitrogens with one attached hydrogen (secondary N) is 2. The van der Waals surface area contributed by atoms with E-state index in [2.05, 4.69) is 21.7 Å². The number of halogens is 1. The largest absolute Gasteiger partial charge is 0.444 e. The number of hydrogen-bond acceptors (Lipinski definition) is 5. The van der Waals surface area contributed by atoms with E-state index in [1.54, 1.807) is 17.3 Å². The lowest BCUT2D eigenvalue weighted by Gasteiger charge is -2.16. The Balaban J connectivity index is 1.19. The average Bonchev–Trinajstić information content (AvgIpc) is 3.23. The highest BCUT2D eigenvalue weighted by Gasteiger charge is 2.33. The molecule has 1 aromatic rings. The van der Waals surface area contributed by atoms with E-state index in [0.717, 1.165) is 37.4 Å². The minimum Gasteiger partial charge on any atom is -0.444 e. The van der Waals surface area contributed by atoms with Gasteiger partial charge in [0, 0.05) is 24.0 Å². The van der Waals surface area contributed by atoms with Crippen LogP contribution in [0.1, 0.15) is 17.5 Å². The Kier molecular flexibility index (Phi) is 5.13. The average molecular weight is 375 g/mol. The molecule has 138 valence electrons. The molecule has 1 aliphatic carbocycles. The van der Waals surface area contributed by atoms with Crippen molar-refractivity contribution in [3.63, 3.8) is 0 Å². The number of hydrogen-bond donors (Lipinski definition) is 2. The lowest BCUT2D eigenvalue weighted by molar-refractivity contribution is 0.130. The Morgan fingerprint density at radius 1 is 1.38 bits per heavy atom. The number of nitrogens with zero attached hydrogens (tertiary/aromatic N) is 2. The molecule has 1 saturated heterocycles. The molecule has 0 saturated carbocycles. The smallest absolute Gasteiger partial charge is 0.415 e. The predicted octanol–water partition coefficient (Wildman–Crippen LogP) is 2.33. The summed E-state index contributed by atoms with van der Waals surface area (Å²) in [5, 5.41) is 7.45. The van der Waals surface area contributed by atoms with E-state index in [4.69, 9.17) is 16.3 Å². The maximum atomic E-state index is 12.0. The van der Waals surface area contributed by atoms with Gasteiger partial charge in [-0.15, -0.1) is 0 Å². The van der Waals surface area contributed by atoms with Crippen molar-refractivity contribution in [2.45, 2.75) is 25.4 Å². The van der Waals surface area contributed by atoms with Crippen LogP contribution in [0.3, 0.4) is 0 Å². The van der Waals surface area contributed by atoms with Crippen molar-refractivity contribution in [2.75, 3.05) is 26.2 Å². The Hall–Kier alpha value is -2.05. The summed E-state index contributed by atoms with van der Waals surface area (Å²) in [6, 6.07) is 6.17. The summed E-state index contributed by atoms with van der Waals surface area (Å²) in [5.74, 6) is 1.21. The van der Waals surface area contributed by atoms with Crippen molar-refractivity contribution in [3.05, 3.63) is 46.4 Å². The molecule has 7 heteroatoms. The third-order valence-corrected chi connectivity index (χ3v) is 5.46. The fraction of sp³-hybridized carbons (Fsp3) is 0.474. The van der Waals surface area contributed by atoms with E-state index < -0.39 is 0 Å². The summed E-state index contributed by atoms with van der Waals surface area (Å²) >= 11 is 6.28. The second kappa shape index (κ2) is 7.68. The van der Waals surface area contributed by atoms with Crippen LogP contribution in [-0.2, 0) is 17.6 Å². The van der Waals surface area contributed by atoms with Crippen LogP contribution in [-0.4, -0.2) is 49.5 Å². The summed E-state index contributed by atoms with van der Waals surface area (Å²) in [4.78, 5) is 17.8. The van der Waals surface area contributed by atoms with E-state index in [1.165, 1.54) is 11.1 Å². The van der Waals surface area contributed by atoms with Crippen LogP contribution < -0.4 is 10.6 Å². The van der Waals surface area contributed by atoms with E-state index in [0.29, 0.717) is 24.8 Å². The molecule has 26 heavy (non-hydrogen) atoms. The van der Waals surface area contributed by atoms with Crippen LogP contribution in [0, 0.1) is 5.92 Å². The van der Waals surface area contributed by atoms with Crippen LogP contribution >= 0.6 is 11.6 Å². The monoisotopic (exact) mass is 374 g/mol. The summed E-state index contributed by atoms with van der Waals surface area (Å²) in [5.41, 5.74) is 2.68. The number of rotatable bonds is 6. The molecule has 0 bridgehead atoms. The molecule has 1 aromatic carbocycles. The summed E-state index contributed by atoms with van der Waals surface area (Å²) in [6.45, 7) is 3.02. The van der Waals surface area contributed by atoms with Crippen LogP contribution in [0.15, 0.2) is 35.2 Å². The van der Waals surface area contributed by atoms with Gasteiger partial charge in [0.1, 0.15) is 6.10 Å². The standard InChI is InChI=1S/C19H23ClN4O2/c20-17-3-1-2-14-8-13(9-16(14)17)10-21-5-4-15-12-24(19(25)26-15)18-11-22-6-7-23-18/h1-3,7,11,13,15,21-22H,4-6,8-10,12H2. The van der Waals surface area contributed by atoms with Crippen LogP contribution in [0.2, 0.25) is 5.02 Å². The van der Waals surface area contributed by atoms with Crippen molar-refractivity contribution in [2.24, 2.45) is 10.9 Å². The normalized spacial score (nSPS) is 24.3. The van der Waals surface area contributed by atoms with Crippen molar-refractivity contribution in [1.29, 1.82) is 0 Å². The quantitative estimate of drug-likeness (QED) is 0.750. The molecule has 0 radical (unpaired) electrons. The first-order chi connectivity index (χ1) is 12.7. The minimum atomic E-state index is -0.317. The SMILES string of the molecule is O=C1OC(CCNCC2Cc3cccc(Cl)c3C2)CN1C1=CNCC=N1. The minimum absolute atomic E-state index is 0.0942. The van der Waals surface area contributed by atoms with E-state index in [-0.39, 0.29) is 12.2 Å². The van der Waals surface area contributed by atoms with Crippen molar-refractivity contribution < 1.29 is 9.53 Å². The Labute approximate surface area is 158 Å². The molecule has 3 aliphatic rings. The summed E-state index contributed by atoms with van der Waals surface area (Å²) in [7, 11) is 0. The van der Waals surface area contributed by atoms with E-state index in [1.807, 2.05) is 12.1 Å². The highest BCUT2D eigenvalue weighted by atomic mass is 35.5. The van der Waals surface area contributed by atoms with Gasteiger partial charge in [0.15, 0.2) is 5.82 Å². The number of benzene rings is 1. The molecule has 4 rings (SSSR count). The van der Waals surface area contributed by atoms with E-state index >= 15 is 0 Å². The molecule has 6 nitrogen and oxygen atoms in total. The molecule has 2 atom stereocenters. The van der Waals surface area contributed by atoms with Gasteiger partial charge in [0.2, 0.25) is 0 Å². The van der Waals surface area contributed by atoms with Gasteiger partial charge in [-0.2, -0.15) is 0 Å². The van der Waals surface area contributed by atoms with Gasteiger partial charge >= 0.3 is 6.09 Å². The summed E-state index contributed by atoms with van der Waals surface area (Å²) < 4.78 is 5.45. The number of ether oxygens (including phenoxy) is 1. The van der Waals surface area contributed by atoms with Gasteiger partial charge in [0.25, 0.3) is 0 Å². The molecule has 2 N–H and O–H groups in total. The Morgan fingerprint density at radius 2 is 2.31 bits per heavy atom. The van der Waals surface area contributed by atoms with Gasteiger partial charge in [-0.3, -0.25) is 4.90 Å². The number of carbonyl (C=O) groups is 1. The predicted molar refractivity (Wildman–Crippen MR) is 101 cm³/mol. The third-order valence-electron chi connectivity index (χ3n) is 5.11. The first-order valence-electron chi connectivity index (χ1n) is 9.12. The molecule has 0 aromatic heterocycles. The van der Waals surface area contributed by atoms with Crippen LogP contribution in [0.25, 0.3) is 0 Å². The maximum absolute atomic E-state index is 12.0. The second-order valence-corrected chi connectivity index (χ2v) is 7.39. The van der Waals surface area contributed by atoms with Gasteiger partial charge in [0.05, 0.1) is 6.54 Å². The number of amides is 1. The zero-order valence-corrected chi connectivity index (χ0v) is 15.3. The highest BCUT2D eigenvalue weighted by Crippen LogP contribution is 2.31. The van der Waals surface area contributed by atoms with E-state index in [9.17, 15) is 4.79 Å². The van der Waals surface area contributed by atoms with Crippen LogP contribution in [0.5, 0.6) is 0 Å². The van der Waals surface area contributed by atoms with Gasteiger partial charge < -0.3 is 15.4 Å². The first kappa shape index (κ1) is 17.4. The topological polar surface area (TPSA) is 66.0 Å². The summed E-state index contributed by atoms with van der Waals surface area (Å²) in [6.07, 6.45) is 6.01. The first-order valence-corrected chi connectivity index (χ1v) is 9.49. The zero-order valence-electron chi connectivity index (χ0n) is 14.6. The zero-order chi connectivity index (χ0) is 17.9. The lowest BCUT2D eigenvalue weighted by atomic mass is 10.1. The Bertz CT molecular complexity index is 749. The lowest BCUT2D eigenvalue weighted by Crippen LogP contribution is -2.29. The van der Waals surface area contributed by atoms with Crippen LogP contribution in [0.4, 0.5) is 4.79 Å². The van der Waals surface area contributed by atoms with Gasteiger partial charge in [-0.05, 0) is 55.5 Å². The number of aliphatic imine (C=N–C) groups is 1. The van der Waals surface area contributed by atoms with Crippen molar-refractivity contribution in [1.82, 2.24) is 15.5 Å². The maximum Gasteiger partial charge on any atom is 0.415 e. The molecule has 2 unspecified atom stereocenters. The molecule has 1 fully saturated rings. The molecule has 2 aliphatic heterocycles. The van der Waals surface area contributed by atoms with Crippen molar-refractivity contribution >= 4 is 23.9 Å². The fourth-order valence-corrected chi connectivity index (χ4v) is 4.07. The third kappa shape index (κ3) is 3.71. The molecular formula is C19H23ClN4O2. The number of cyclic esters (lactones) is 1. The molecule has 1 amide bonds.